The van der Waals surface area contributed by atoms with Gasteiger partial charge >= 0.3 is 7.12 Å². The number of hydrogen-bond acceptors (Lipinski definition) is 5. The van der Waals surface area contributed by atoms with E-state index in [-0.39, 0.29) is 5.69 Å². The van der Waals surface area contributed by atoms with Crippen molar-refractivity contribution in [2.45, 2.75) is 38.9 Å². The Kier molecular flexibility index (Phi) is 3.21. The van der Waals surface area contributed by atoms with Crippen LogP contribution in [0.25, 0.3) is 0 Å². The molecule has 1 saturated heterocycles. The molecule has 1 aliphatic rings. The van der Waals surface area contributed by atoms with Crippen molar-refractivity contribution in [1.29, 1.82) is 5.26 Å². The molecule has 0 radical (unpaired) electrons. The van der Waals surface area contributed by atoms with Crippen molar-refractivity contribution >= 4 is 19.0 Å². The minimum absolute atomic E-state index is 0.232. The second-order valence-corrected chi connectivity index (χ2v) is 5.49. The fourth-order valence-electron chi connectivity index (χ4n) is 1.79. The average Bonchev–Trinajstić information content (AvgIpc) is 2.57. The van der Waals surface area contributed by atoms with Gasteiger partial charge in [0.25, 0.3) is 0 Å². The fourth-order valence-corrected chi connectivity index (χ4v) is 1.79. The SMILES string of the molecule is CC1(C)OB(c2nc(C#N)ccc2C=O)OC1(C)C. The summed E-state index contributed by atoms with van der Waals surface area (Å²) in [6.45, 7) is 7.67. The van der Waals surface area contributed by atoms with E-state index in [1.54, 1.807) is 6.07 Å². The summed E-state index contributed by atoms with van der Waals surface area (Å²) in [6, 6.07) is 5.00. The molecular weight excluding hydrogens is 243 g/mol. The van der Waals surface area contributed by atoms with Crippen LogP contribution in [0.4, 0.5) is 0 Å². The Morgan fingerprint density at radius 3 is 2.32 bits per heavy atom. The third-order valence-corrected chi connectivity index (χ3v) is 3.68. The van der Waals surface area contributed by atoms with E-state index in [2.05, 4.69) is 4.98 Å². The number of pyridine rings is 1. The van der Waals surface area contributed by atoms with Crippen LogP contribution < -0.4 is 5.59 Å². The highest BCUT2D eigenvalue weighted by Gasteiger charge is 2.53. The van der Waals surface area contributed by atoms with Gasteiger partial charge in [0.1, 0.15) is 11.8 Å². The highest BCUT2D eigenvalue weighted by molar-refractivity contribution is 6.62. The Balaban J connectivity index is 2.44. The number of hydrogen-bond donors (Lipinski definition) is 0. The Morgan fingerprint density at radius 1 is 1.26 bits per heavy atom. The Hall–Kier alpha value is -1.71. The van der Waals surface area contributed by atoms with E-state index in [0.29, 0.717) is 17.4 Å². The van der Waals surface area contributed by atoms with Crippen molar-refractivity contribution in [1.82, 2.24) is 4.98 Å². The van der Waals surface area contributed by atoms with E-state index in [0.717, 1.165) is 0 Å². The van der Waals surface area contributed by atoms with Gasteiger partial charge in [0.15, 0.2) is 6.29 Å². The monoisotopic (exact) mass is 258 g/mol. The maximum Gasteiger partial charge on any atom is 0.515 e. The van der Waals surface area contributed by atoms with Gasteiger partial charge in [-0.05, 0) is 39.8 Å². The first-order chi connectivity index (χ1) is 8.80. The van der Waals surface area contributed by atoms with E-state index in [4.69, 9.17) is 14.6 Å². The maximum absolute atomic E-state index is 11.1. The van der Waals surface area contributed by atoms with E-state index in [1.165, 1.54) is 6.07 Å². The van der Waals surface area contributed by atoms with E-state index < -0.39 is 18.3 Å². The average molecular weight is 258 g/mol. The molecular formula is C13H15BN2O3. The van der Waals surface area contributed by atoms with Gasteiger partial charge in [-0.2, -0.15) is 5.26 Å². The first-order valence-corrected chi connectivity index (χ1v) is 6.02. The summed E-state index contributed by atoms with van der Waals surface area (Å²) >= 11 is 0. The van der Waals surface area contributed by atoms with Crippen molar-refractivity contribution in [2.75, 3.05) is 0 Å². The lowest BCUT2D eigenvalue weighted by Crippen LogP contribution is -2.41. The summed E-state index contributed by atoms with van der Waals surface area (Å²) in [5, 5.41) is 8.89. The largest absolute Gasteiger partial charge is 0.515 e. The third kappa shape index (κ3) is 2.27. The zero-order valence-corrected chi connectivity index (χ0v) is 11.4. The van der Waals surface area contributed by atoms with Crippen LogP contribution in [0.3, 0.4) is 0 Å². The van der Waals surface area contributed by atoms with Crippen LogP contribution in [0.1, 0.15) is 43.7 Å². The van der Waals surface area contributed by atoms with Crippen LogP contribution in [0.5, 0.6) is 0 Å². The lowest BCUT2D eigenvalue weighted by molar-refractivity contribution is 0.00578. The van der Waals surface area contributed by atoms with Crippen LogP contribution in [0.2, 0.25) is 0 Å². The van der Waals surface area contributed by atoms with Crippen molar-refractivity contribution < 1.29 is 14.1 Å². The lowest BCUT2D eigenvalue weighted by atomic mass is 9.81. The summed E-state index contributed by atoms with van der Waals surface area (Å²) in [6.07, 6.45) is 0.689. The highest BCUT2D eigenvalue weighted by Crippen LogP contribution is 2.36. The first kappa shape index (κ1) is 13.7. The summed E-state index contributed by atoms with van der Waals surface area (Å²) in [5.74, 6) is 0. The van der Waals surface area contributed by atoms with Gasteiger partial charge in [-0.25, -0.2) is 4.98 Å². The normalized spacial score (nSPS) is 20.1. The molecule has 1 aromatic rings. The van der Waals surface area contributed by atoms with Crippen molar-refractivity contribution in [3.63, 3.8) is 0 Å². The van der Waals surface area contributed by atoms with Gasteiger partial charge in [0, 0.05) is 5.56 Å². The standard InChI is InChI=1S/C13H15BN2O3/c1-12(2)13(3,4)19-14(18-12)11-9(8-17)5-6-10(7-15)16-11/h5-6,8H,1-4H3. The van der Waals surface area contributed by atoms with Crippen LogP contribution in [0, 0.1) is 11.3 Å². The summed E-state index contributed by atoms with van der Waals surface area (Å²) in [7, 11) is -0.738. The fraction of sp³-hybridized carbons (Fsp3) is 0.462. The summed E-state index contributed by atoms with van der Waals surface area (Å²) < 4.78 is 11.7. The van der Waals surface area contributed by atoms with Crippen molar-refractivity contribution in [3.8, 4) is 6.07 Å². The molecule has 0 spiro atoms. The molecule has 5 nitrogen and oxygen atoms in total. The number of nitrogens with zero attached hydrogens (tertiary/aromatic N) is 2. The number of rotatable bonds is 2. The van der Waals surface area contributed by atoms with E-state index >= 15 is 0 Å². The van der Waals surface area contributed by atoms with Crippen molar-refractivity contribution in [3.05, 3.63) is 23.4 Å². The quantitative estimate of drug-likeness (QED) is 0.586. The maximum atomic E-state index is 11.1. The molecule has 0 bridgehead atoms. The molecule has 2 rings (SSSR count). The molecule has 0 amide bonds. The lowest BCUT2D eigenvalue weighted by Gasteiger charge is -2.32. The minimum Gasteiger partial charge on any atom is -0.398 e. The molecule has 0 atom stereocenters. The number of aromatic nitrogens is 1. The molecule has 0 N–H and O–H groups in total. The number of nitriles is 1. The molecule has 0 saturated carbocycles. The smallest absolute Gasteiger partial charge is 0.398 e. The number of carbonyl (C=O) groups is 1. The predicted octanol–water partition coefficient (Wildman–Crippen LogP) is 1.06. The van der Waals surface area contributed by atoms with Gasteiger partial charge in [-0.15, -0.1) is 0 Å². The first-order valence-electron chi connectivity index (χ1n) is 6.02. The van der Waals surface area contributed by atoms with E-state index in [9.17, 15) is 4.79 Å². The zero-order chi connectivity index (χ0) is 14.3. The molecule has 0 aromatic carbocycles. The zero-order valence-electron chi connectivity index (χ0n) is 11.4. The van der Waals surface area contributed by atoms with Crippen LogP contribution in [-0.2, 0) is 9.31 Å². The minimum atomic E-state index is -0.738. The van der Waals surface area contributed by atoms with Gasteiger partial charge < -0.3 is 9.31 Å². The topological polar surface area (TPSA) is 72.2 Å². The second-order valence-electron chi connectivity index (χ2n) is 5.49. The molecule has 2 heterocycles. The third-order valence-electron chi connectivity index (χ3n) is 3.68. The van der Waals surface area contributed by atoms with Gasteiger partial charge in [-0.3, -0.25) is 4.79 Å². The molecule has 1 aliphatic heterocycles. The van der Waals surface area contributed by atoms with Crippen molar-refractivity contribution in [2.24, 2.45) is 0 Å². The van der Waals surface area contributed by atoms with Crippen LogP contribution >= 0.6 is 0 Å². The molecule has 19 heavy (non-hydrogen) atoms. The summed E-state index contributed by atoms with van der Waals surface area (Å²) in [5.41, 5.74) is -0.0647. The number of aldehydes is 1. The van der Waals surface area contributed by atoms with Gasteiger partial charge in [-0.1, -0.05) is 0 Å². The molecule has 0 unspecified atom stereocenters. The Bertz CT molecular complexity index is 547. The molecule has 1 aromatic heterocycles. The molecule has 0 aliphatic carbocycles. The number of carbonyl (C=O) groups excluding carboxylic acids is 1. The Labute approximate surface area is 112 Å². The van der Waals surface area contributed by atoms with Crippen LogP contribution in [-0.4, -0.2) is 29.6 Å². The predicted molar refractivity (Wildman–Crippen MR) is 70.1 cm³/mol. The van der Waals surface area contributed by atoms with Gasteiger partial charge in [0.05, 0.1) is 16.8 Å². The van der Waals surface area contributed by atoms with Crippen LogP contribution in [0.15, 0.2) is 12.1 Å². The molecule has 98 valence electrons. The van der Waals surface area contributed by atoms with E-state index in [1.807, 2.05) is 33.8 Å². The summed E-state index contributed by atoms with van der Waals surface area (Å²) in [4.78, 5) is 15.2. The highest BCUT2D eigenvalue weighted by atomic mass is 16.7. The Morgan fingerprint density at radius 2 is 1.84 bits per heavy atom. The molecule has 6 heteroatoms. The second kappa shape index (κ2) is 4.44. The molecule has 1 fully saturated rings. The van der Waals surface area contributed by atoms with Gasteiger partial charge in [0.2, 0.25) is 0 Å².